The van der Waals surface area contributed by atoms with Crippen molar-refractivity contribution in [3.05, 3.63) is 54.4 Å². The number of halogens is 3. The topological polar surface area (TPSA) is 57.3 Å². The Balaban J connectivity index is 1.44. The fourth-order valence-corrected chi connectivity index (χ4v) is 3.99. The Morgan fingerprint density at radius 2 is 1.72 bits per heavy atom. The first kappa shape index (κ1) is 23.9. The molecule has 2 aromatic rings. The van der Waals surface area contributed by atoms with Gasteiger partial charge in [-0.15, -0.1) is 0 Å². The third-order valence-corrected chi connectivity index (χ3v) is 6.02. The summed E-state index contributed by atoms with van der Waals surface area (Å²) in [5.74, 6) is 0.350. The van der Waals surface area contributed by atoms with Gasteiger partial charge >= 0.3 is 6.18 Å². The minimum absolute atomic E-state index is 0.00783. The van der Waals surface area contributed by atoms with Crippen LogP contribution < -0.4 is 15.5 Å². The second-order valence-corrected chi connectivity index (χ2v) is 8.62. The Morgan fingerprint density at radius 1 is 1.09 bits per heavy atom. The summed E-state index contributed by atoms with van der Waals surface area (Å²) in [4.78, 5) is 18.9. The molecule has 0 radical (unpaired) electrons. The van der Waals surface area contributed by atoms with Crippen molar-refractivity contribution in [2.75, 3.05) is 29.9 Å². The number of anilines is 2. The number of pyridine rings is 1. The third kappa shape index (κ3) is 6.61. The molecule has 5 nitrogen and oxygen atoms in total. The van der Waals surface area contributed by atoms with E-state index in [4.69, 9.17) is 0 Å². The van der Waals surface area contributed by atoms with E-state index in [1.807, 2.05) is 12.1 Å². The summed E-state index contributed by atoms with van der Waals surface area (Å²) >= 11 is 0. The molecule has 174 valence electrons. The fraction of sp³-hybridized carbons (Fsp3) is 0.500. The highest BCUT2D eigenvalue weighted by molar-refractivity contribution is 5.79. The summed E-state index contributed by atoms with van der Waals surface area (Å²) in [6, 6.07) is 9.08. The second kappa shape index (κ2) is 10.7. The minimum Gasteiger partial charge on any atom is -0.382 e. The SMILES string of the molecule is CC(C)[C@H](CCNC(=O)C1CCN(c2ccncc2)CC1)Nc1ccc(C(F)(F)F)cc1. The molecule has 0 spiro atoms. The number of rotatable bonds is 8. The number of nitrogens with one attached hydrogen (secondary N) is 2. The van der Waals surface area contributed by atoms with E-state index in [0.29, 0.717) is 18.7 Å². The van der Waals surface area contributed by atoms with E-state index in [0.717, 1.165) is 43.8 Å². The van der Waals surface area contributed by atoms with Crippen LogP contribution in [0.4, 0.5) is 24.5 Å². The number of hydrogen-bond acceptors (Lipinski definition) is 4. The van der Waals surface area contributed by atoms with E-state index < -0.39 is 11.7 Å². The van der Waals surface area contributed by atoms with E-state index in [2.05, 4.69) is 34.4 Å². The number of nitrogens with zero attached hydrogens (tertiary/aromatic N) is 2. The van der Waals surface area contributed by atoms with Crippen LogP contribution in [0.25, 0.3) is 0 Å². The van der Waals surface area contributed by atoms with Gasteiger partial charge in [0.05, 0.1) is 5.56 Å². The van der Waals surface area contributed by atoms with Crippen LogP contribution >= 0.6 is 0 Å². The van der Waals surface area contributed by atoms with Gasteiger partial charge in [-0.25, -0.2) is 0 Å². The molecule has 0 unspecified atom stereocenters. The third-order valence-electron chi connectivity index (χ3n) is 6.02. The molecular formula is C24H31F3N4O. The number of aromatic nitrogens is 1. The van der Waals surface area contributed by atoms with Crippen molar-refractivity contribution in [2.45, 2.75) is 45.3 Å². The van der Waals surface area contributed by atoms with E-state index >= 15 is 0 Å². The van der Waals surface area contributed by atoms with Crippen molar-refractivity contribution in [1.29, 1.82) is 0 Å². The molecule has 0 bridgehead atoms. The highest BCUT2D eigenvalue weighted by Crippen LogP contribution is 2.30. The predicted octanol–water partition coefficient (Wildman–Crippen LogP) is 4.96. The zero-order valence-electron chi connectivity index (χ0n) is 18.5. The smallest absolute Gasteiger partial charge is 0.382 e. The molecule has 1 amide bonds. The van der Waals surface area contributed by atoms with Crippen molar-refractivity contribution < 1.29 is 18.0 Å². The molecule has 1 atom stereocenters. The van der Waals surface area contributed by atoms with Gasteiger partial charge in [-0.2, -0.15) is 13.2 Å². The molecule has 1 aromatic heterocycles. The number of carbonyl (C=O) groups excluding carboxylic acids is 1. The predicted molar refractivity (Wildman–Crippen MR) is 120 cm³/mol. The van der Waals surface area contributed by atoms with Gasteiger partial charge in [-0.1, -0.05) is 13.8 Å². The summed E-state index contributed by atoms with van der Waals surface area (Å²) in [7, 11) is 0. The Kier molecular flexibility index (Phi) is 7.99. The van der Waals surface area contributed by atoms with Crippen LogP contribution in [0, 0.1) is 11.8 Å². The first-order chi connectivity index (χ1) is 15.2. The highest BCUT2D eigenvalue weighted by Gasteiger charge is 2.30. The lowest BCUT2D eigenvalue weighted by Crippen LogP contribution is -2.41. The second-order valence-electron chi connectivity index (χ2n) is 8.62. The Morgan fingerprint density at radius 3 is 2.28 bits per heavy atom. The molecule has 8 heteroatoms. The van der Waals surface area contributed by atoms with Gasteiger partial charge in [0.1, 0.15) is 0 Å². The van der Waals surface area contributed by atoms with E-state index in [1.165, 1.54) is 12.1 Å². The molecular weight excluding hydrogens is 417 g/mol. The lowest BCUT2D eigenvalue weighted by molar-refractivity contribution is -0.137. The Hall–Kier alpha value is -2.77. The molecule has 1 aromatic carbocycles. The van der Waals surface area contributed by atoms with Crippen molar-refractivity contribution in [3.63, 3.8) is 0 Å². The largest absolute Gasteiger partial charge is 0.416 e. The molecule has 3 rings (SSSR count). The van der Waals surface area contributed by atoms with Crippen molar-refractivity contribution in [3.8, 4) is 0 Å². The first-order valence-corrected chi connectivity index (χ1v) is 11.1. The van der Waals surface area contributed by atoms with Crippen molar-refractivity contribution in [2.24, 2.45) is 11.8 Å². The number of carbonyl (C=O) groups is 1. The summed E-state index contributed by atoms with van der Waals surface area (Å²) in [5, 5.41) is 6.35. The lowest BCUT2D eigenvalue weighted by atomic mass is 9.95. The van der Waals surface area contributed by atoms with Gasteiger partial charge in [0.25, 0.3) is 0 Å². The van der Waals surface area contributed by atoms with E-state index in [1.54, 1.807) is 12.4 Å². The maximum absolute atomic E-state index is 12.7. The summed E-state index contributed by atoms with van der Waals surface area (Å²) < 4.78 is 38.2. The summed E-state index contributed by atoms with van der Waals surface area (Å²) in [6.07, 6.45) is 1.53. The molecule has 1 aliphatic heterocycles. The maximum atomic E-state index is 12.7. The maximum Gasteiger partial charge on any atom is 0.416 e. The van der Waals surface area contributed by atoms with Gasteiger partial charge in [-0.3, -0.25) is 9.78 Å². The zero-order valence-corrected chi connectivity index (χ0v) is 18.5. The summed E-state index contributed by atoms with van der Waals surface area (Å²) in [5.41, 5.74) is 1.12. The molecule has 32 heavy (non-hydrogen) atoms. The van der Waals surface area contributed by atoms with Crippen LogP contribution in [0.1, 0.15) is 38.7 Å². The normalized spacial score (nSPS) is 16.1. The van der Waals surface area contributed by atoms with E-state index in [-0.39, 0.29) is 23.8 Å². The molecule has 1 fully saturated rings. The van der Waals surface area contributed by atoms with Gasteiger partial charge in [0.2, 0.25) is 5.91 Å². The number of hydrogen-bond donors (Lipinski definition) is 2. The average molecular weight is 449 g/mol. The van der Waals surface area contributed by atoms with Crippen LogP contribution in [0.3, 0.4) is 0 Å². The number of alkyl halides is 3. The van der Waals surface area contributed by atoms with Crippen molar-refractivity contribution in [1.82, 2.24) is 10.3 Å². The molecule has 0 saturated carbocycles. The van der Waals surface area contributed by atoms with Crippen molar-refractivity contribution >= 4 is 17.3 Å². The van der Waals surface area contributed by atoms with Gasteiger partial charge in [0.15, 0.2) is 0 Å². The van der Waals surface area contributed by atoms with Crippen LogP contribution in [-0.4, -0.2) is 36.6 Å². The van der Waals surface area contributed by atoms with Crippen LogP contribution in [0.15, 0.2) is 48.8 Å². The molecule has 1 aliphatic rings. The number of amides is 1. The molecule has 1 saturated heterocycles. The number of benzene rings is 1. The van der Waals surface area contributed by atoms with Gasteiger partial charge < -0.3 is 15.5 Å². The van der Waals surface area contributed by atoms with E-state index in [9.17, 15) is 18.0 Å². The monoisotopic (exact) mass is 448 g/mol. The molecule has 2 N–H and O–H groups in total. The standard InChI is InChI=1S/C24H31F3N4O/c1-17(2)22(30-20-5-3-19(4-6-20)24(25,26)27)9-14-29-23(32)18-10-15-31(16-11-18)21-7-12-28-13-8-21/h3-8,12-13,17-18,22,30H,9-11,14-16H2,1-2H3,(H,29,32)/t22-/m0/s1. The quantitative estimate of drug-likeness (QED) is 0.599. The van der Waals surface area contributed by atoms with Crippen LogP contribution in [0.2, 0.25) is 0 Å². The average Bonchev–Trinajstić information content (AvgIpc) is 2.78. The summed E-state index contributed by atoms with van der Waals surface area (Å²) in [6.45, 7) is 6.31. The Bertz CT molecular complexity index is 848. The van der Waals surface area contributed by atoms with Crippen LogP contribution in [-0.2, 0) is 11.0 Å². The van der Waals surface area contributed by atoms with Gasteiger partial charge in [-0.05, 0) is 61.6 Å². The van der Waals surface area contributed by atoms with Gasteiger partial charge in [0, 0.05) is 55.4 Å². The minimum atomic E-state index is -4.34. The molecule has 2 heterocycles. The highest BCUT2D eigenvalue weighted by atomic mass is 19.4. The fourth-order valence-electron chi connectivity index (χ4n) is 3.99. The zero-order chi connectivity index (χ0) is 23.1. The Labute approximate surface area is 187 Å². The molecule has 0 aliphatic carbocycles. The first-order valence-electron chi connectivity index (χ1n) is 11.1. The lowest BCUT2D eigenvalue weighted by Gasteiger charge is -2.33. The number of piperidine rings is 1. The van der Waals surface area contributed by atoms with Crippen LogP contribution in [0.5, 0.6) is 0 Å².